The fourth-order valence-corrected chi connectivity index (χ4v) is 3.65. The number of aromatic nitrogens is 2. The minimum Gasteiger partial charge on any atom is -0.493 e. The molecule has 0 spiro atoms. The number of aromatic amines is 1. The van der Waals surface area contributed by atoms with E-state index < -0.39 is 40.7 Å². The van der Waals surface area contributed by atoms with Gasteiger partial charge < -0.3 is 24.4 Å². The van der Waals surface area contributed by atoms with Crippen molar-refractivity contribution in [1.82, 2.24) is 9.55 Å². The van der Waals surface area contributed by atoms with Crippen LogP contribution in [0.15, 0.2) is 27.9 Å². The summed E-state index contributed by atoms with van der Waals surface area (Å²) in [6.07, 6.45) is -3.41. The van der Waals surface area contributed by atoms with E-state index in [0.717, 1.165) is 4.57 Å². The molecule has 0 radical (unpaired) electrons. The number of H-pyrrole nitrogens is 1. The summed E-state index contributed by atoms with van der Waals surface area (Å²) in [4.78, 5) is 36.8. The van der Waals surface area contributed by atoms with Crippen molar-refractivity contribution >= 4 is 5.69 Å². The third kappa shape index (κ3) is 4.31. The molecule has 3 N–H and O–H groups in total. The first-order valence-corrected chi connectivity index (χ1v) is 9.39. The second-order valence-electron chi connectivity index (χ2n) is 7.17. The van der Waals surface area contributed by atoms with Gasteiger partial charge in [-0.3, -0.25) is 24.5 Å². The Hall–Kier alpha value is -3.22. The largest absolute Gasteiger partial charge is 0.493 e. The van der Waals surface area contributed by atoms with Gasteiger partial charge >= 0.3 is 11.4 Å². The van der Waals surface area contributed by atoms with E-state index in [1.54, 1.807) is 0 Å². The van der Waals surface area contributed by atoms with Crippen molar-refractivity contribution in [3.05, 3.63) is 60.4 Å². The highest BCUT2D eigenvalue weighted by molar-refractivity contribution is 5.60. The molecule has 0 amide bonds. The Morgan fingerprint density at radius 1 is 1.35 bits per heavy atom. The summed E-state index contributed by atoms with van der Waals surface area (Å²) in [5.41, 5.74) is -1.16. The first-order valence-electron chi connectivity index (χ1n) is 9.39. The molecule has 2 heterocycles. The minimum atomic E-state index is -1.32. The zero-order valence-electron chi connectivity index (χ0n) is 17.1. The van der Waals surface area contributed by atoms with Crippen molar-refractivity contribution in [1.29, 1.82) is 0 Å². The highest BCUT2D eigenvalue weighted by Crippen LogP contribution is 2.40. The second kappa shape index (κ2) is 8.88. The first-order chi connectivity index (χ1) is 14.7. The third-order valence-electron chi connectivity index (χ3n) is 5.19. The van der Waals surface area contributed by atoms with Gasteiger partial charge in [-0.1, -0.05) is 0 Å². The van der Waals surface area contributed by atoms with Gasteiger partial charge in [-0.05, 0) is 19.1 Å². The SMILES string of the molecule is COc1ccc(CC(O)[C@H]2O[C@@H](n3cc(C)c(=O)[nH]c3=O)C[C@@H]2O)c([N+](=O)[O-])c1OC. The first kappa shape index (κ1) is 22.5. The topological polar surface area (TPSA) is 166 Å². The molecule has 1 unspecified atom stereocenters. The number of hydrogen-bond acceptors (Lipinski definition) is 9. The van der Waals surface area contributed by atoms with Crippen LogP contribution < -0.4 is 20.7 Å². The molecule has 168 valence electrons. The van der Waals surface area contributed by atoms with Gasteiger partial charge in [-0.25, -0.2) is 4.79 Å². The molecule has 1 aliphatic heterocycles. The number of nitrogens with one attached hydrogen (secondary N) is 1. The van der Waals surface area contributed by atoms with Crippen LogP contribution in [0.25, 0.3) is 0 Å². The number of nitro benzene ring substituents is 1. The lowest BCUT2D eigenvalue weighted by atomic mass is 9.98. The Kier molecular flexibility index (Phi) is 6.43. The molecule has 0 bridgehead atoms. The van der Waals surface area contributed by atoms with Gasteiger partial charge in [0.05, 0.1) is 31.4 Å². The molecule has 3 rings (SSSR count). The van der Waals surface area contributed by atoms with Crippen molar-refractivity contribution in [3.8, 4) is 11.5 Å². The minimum absolute atomic E-state index is 0.0128. The molecule has 12 heteroatoms. The van der Waals surface area contributed by atoms with E-state index in [1.807, 2.05) is 0 Å². The molecular formula is C19H23N3O9. The van der Waals surface area contributed by atoms with Crippen LogP contribution in [0.1, 0.15) is 23.8 Å². The van der Waals surface area contributed by atoms with Gasteiger partial charge in [0.2, 0.25) is 5.75 Å². The smallest absolute Gasteiger partial charge is 0.330 e. The number of benzene rings is 1. The fraction of sp³-hybridized carbons (Fsp3) is 0.474. The number of ether oxygens (including phenoxy) is 3. The summed E-state index contributed by atoms with van der Waals surface area (Å²) in [7, 11) is 2.61. The Morgan fingerprint density at radius 3 is 2.68 bits per heavy atom. The maximum Gasteiger partial charge on any atom is 0.330 e. The van der Waals surface area contributed by atoms with Gasteiger partial charge in [-0.2, -0.15) is 0 Å². The molecule has 4 atom stereocenters. The number of methoxy groups -OCH3 is 2. The zero-order valence-corrected chi connectivity index (χ0v) is 17.1. The Balaban J connectivity index is 1.86. The fourth-order valence-electron chi connectivity index (χ4n) is 3.65. The van der Waals surface area contributed by atoms with Gasteiger partial charge in [-0.15, -0.1) is 0 Å². The number of nitrogens with zero attached hydrogens (tertiary/aromatic N) is 2. The van der Waals surface area contributed by atoms with E-state index in [4.69, 9.17) is 14.2 Å². The number of aliphatic hydroxyl groups excluding tert-OH is 2. The third-order valence-corrected chi connectivity index (χ3v) is 5.19. The lowest BCUT2D eigenvalue weighted by Gasteiger charge is -2.22. The van der Waals surface area contributed by atoms with Crippen LogP contribution in [0.3, 0.4) is 0 Å². The quantitative estimate of drug-likeness (QED) is 0.400. The van der Waals surface area contributed by atoms with E-state index in [1.165, 1.54) is 39.5 Å². The van der Waals surface area contributed by atoms with E-state index >= 15 is 0 Å². The van der Waals surface area contributed by atoms with E-state index in [2.05, 4.69) is 4.98 Å². The van der Waals surface area contributed by atoms with E-state index in [9.17, 15) is 29.9 Å². The molecule has 0 aliphatic carbocycles. The number of aliphatic hydroxyl groups is 2. The van der Waals surface area contributed by atoms with Gasteiger partial charge in [0.15, 0.2) is 5.75 Å². The van der Waals surface area contributed by atoms with Crippen LogP contribution in [-0.2, 0) is 11.2 Å². The van der Waals surface area contributed by atoms with Crippen molar-refractivity contribution in [2.45, 2.75) is 44.3 Å². The van der Waals surface area contributed by atoms with Crippen LogP contribution in [0.5, 0.6) is 11.5 Å². The lowest BCUT2D eigenvalue weighted by molar-refractivity contribution is -0.386. The Bertz CT molecular complexity index is 1090. The standard InChI is InChI=1S/C19H23N3O9/c1-9-8-21(19(26)20-18(9)25)14-7-12(24)16(31-14)11(23)6-10-4-5-13(29-2)17(30-3)15(10)22(27)28/h4-5,8,11-12,14,16,23-24H,6-7H2,1-3H3,(H,20,25,26)/t11?,12-,14+,16+/m0/s1. The molecule has 1 fully saturated rings. The van der Waals surface area contributed by atoms with Gasteiger partial charge in [0.25, 0.3) is 5.56 Å². The van der Waals surface area contributed by atoms with Crippen molar-refractivity contribution in [2.24, 2.45) is 0 Å². The average Bonchev–Trinajstić information content (AvgIpc) is 3.11. The average molecular weight is 437 g/mol. The number of aryl methyl sites for hydroxylation is 1. The maximum absolute atomic E-state index is 12.1. The highest BCUT2D eigenvalue weighted by Gasteiger charge is 2.41. The molecule has 2 aromatic rings. The molecule has 31 heavy (non-hydrogen) atoms. The molecule has 1 saturated heterocycles. The van der Waals surface area contributed by atoms with Gasteiger partial charge in [0, 0.05) is 30.2 Å². The van der Waals surface area contributed by atoms with Crippen LogP contribution in [0, 0.1) is 17.0 Å². The monoisotopic (exact) mass is 437 g/mol. The zero-order chi connectivity index (χ0) is 22.9. The van der Waals surface area contributed by atoms with Crippen molar-refractivity contribution in [2.75, 3.05) is 14.2 Å². The highest BCUT2D eigenvalue weighted by atomic mass is 16.6. The molecule has 12 nitrogen and oxygen atoms in total. The summed E-state index contributed by atoms with van der Waals surface area (Å²) in [5.74, 6) is 0.0794. The second-order valence-corrected chi connectivity index (χ2v) is 7.17. The summed E-state index contributed by atoms with van der Waals surface area (Å²) < 4.78 is 17.0. The summed E-state index contributed by atoms with van der Waals surface area (Å²) in [6, 6.07) is 2.91. The molecule has 0 saturated carbocycles. The lowest BCUT2D eigenvalue weighted by Crippen LogP contribution is -2.37. The van der Waals surface area contributed by atoms with Gasteiger partial charge in [0.1, 0.15) is 12.3 Å². The van der Waals surface area contributed by atoms with Crippen LogP contribution in [0.4, 0.5) is 5.69 Å². The summed E-state index contributed by atoms with van der Waals surface area (Å²) >= 11 is 0. The van der Waals surface area contributed by atoms with Crippen LogP contribution in [0.2, 0.25) is 0 Å². The summed E-state index contributed by atoms with van der Waals surface area (Å²) in [6.45, 7) is 1.52. The predicted molar refractivity (Wildman–Crippen MR) is 107 cm³/mol. The molecule has 1 aromatic carbocycles. The number of rotatable bonds is 7. The Labute approximate surface area is 175 Å². The van der Waals surface area contributed by atoms with E-state index in [-0.39, 0.29) is 41.2 Å². The molecule has 1 aliphatic rings. The molecular weight excluding hydrogens is 414 g/mol. The van der Waals surface area contributed by atoms with Crippen molar-refractivity contribution in [3.63, 3.8) is 0 Å². The van der Waals surface area contributed by atoms with Crippen molar-refractivity contribution < 1.29 is 29.3 Å². The van der Waals surface area contributed by atoms with E-state index in [0.29, 0.717) is 0 Å². The molecule has 1 aromatic heterocycles. The summed E-state index contributed by atoms with van der Waals surface area (Å²) in [5, 5.41) is 32.7. The number of hydrogen-bond donors (Lipinski definition) is 3. The van der Waals surface area contributed by atoms with Crippen LogP contribution in [-0.4, -0.2) is 57.2 Å². The Morgan fingerprint density at radius 2 is 2.06 bits per heavy atom. The number of nitro groups is 1. The normalized spacial score (nSPS) is 21.6. The predicted octanol–water partition coefficient (Wildman–Crippen LogP) is 0.0224. The van der Waals surface area contributed by atoms with Crippen LogP contribution >= 0.6 is 0 Å². The maximum atomic E-state index is 12.1.